The molecular formula is C8H10N6S. The van der Waals surface area contributed by atoms with E-state index in [9.17, 15) is 0 Å². The highest BCUT2D eigenvalue weighted by Gasteiger charge is 2.08. The molecule has 2 aromatic rings. The van der Waals surface area contributed by atoms with Crippen LogP contribution in [0.25, 0.3) is 11.5 Å². The van der Waals surface area contributed by atoms with Gasteiger partial charge < -0.3 is 0 Å². The van der Waals surface area contributed by atoms with Gasteiger partial charge in [0.25, 0.3) is 0 Å². The van der Waals surface area contributed by atoms with Crippen molar-refractivity contribution in [2.45, 2.75) is 13.8 Å². The Labute approximate surface area is 91.0 Å². The Morgan fingerprint density at radius 2 is 2.27 bits per heavy atom. The van der Waals surface area contributed by atoms with Crippen molar-refractivity contribution in [2.75, 3.05) is 0 Å². The van der Waals surface area contributed by atoms with E-state index in [2.05, 4.69) is 25.5 Å². The van der Waals surface area contributed by atoms with Crippen molar-refractivity contribution in [2.24, 2.45) is 5.10 Å². The SMILES string of the molecule is CC(C)=Nn1c(-c2ccn[nH]2)n[nH]c1=S. The summed E-state index contributed by atoms with van der Waals surface area (Å²) in [6.45, 7) is 3.79. The van der Waals surface area contributed by atoms with Gasteiger partial charge in [0.15, 0.2) is 0 Å². The minimum Gasteiger partial charge on any atom is -0.275 e. The molecular weight excluding hydrogens is 212 g/mol. The third kappa shape index (κ3) is 1.86. The first kappa shape index (κ1) is 9.78. The number of nitrogens with zero attached hydrogens (tertiary/aromatic N) is 4. The first-order valence-electron chi connectivity index (χ1n) is 4.38. The number of hydrogen-bond acceptors (Lipinski definition) is 4. The quantitative estimate of drug-likeness (QED) is 0.598. The van der Waals surface area contributed by atoms with E-state index in [-0.39, 0.29) is 0 Å². The van der Waals surface area contributed by atoms with Crippen LogP contribution < -0.4 is 0 Å². The highest BCUT2D eigenvalue weighted by atomic mass is 32.1. The van der Waals surface area contributed by atoms with Crippen molar-refractivity contribution in [3.63, 3.8) is 0 Å². The third-order valence-electron chi connectivity index (χ3n) is 1.69. The Balaban J connectivity index is 2.59. The molecule has 15 heavy (non-hydrogen) atoms. The Bertz CT molecular complexity index is 528. The summed E-state index contributed by atoms with van der Waals surface area (Å²) in [6, 6.07) is 1.81. The van der Waals surface area contributed by atoms with Gasteiger partial charge in [-0.2, -0.15) is 20.0 Å². The van der Waals surface area contributed by atoms with Gasteiger partial charge in [-0.1, -0.05) is 0 Å². The van der Waals surface area contributed by atoms with Gasteiger partial charge >= 0.3 is 0 Å². The van der Waals surface area contributed by atoms with E-state index in [1.165, 1.54) is 0 Å². The molecule has 6 nitrogen and oxygen atoms in total. The summed E-state index contributed by atoms with van der Waals surface area (Å²) in [4.78, 5) is 0. The molecule has 0 saturated heterocycles. The van der Waals surface area contributed by atoms with Crippen molar-refractivity contribution in [1.29, 1.82) is 0 Å². The van der Waals surface area contributed by atoms with Crippen LogP contribution in [0.5, 0.6) is 0 Å². The monoisotopic (exact) mass is 222 g/mol. The second-order valence-electron chi connectivity index (χ2n) is 3.18. The lowest BCUT2D eigenvalue weighted by Crippen LogP contribution is -1.97. The summed E-state index contributed by atoms with van der Waals surface area (Å²) in [5, 5.41) is 17.7. The standard InChI is InChI=1S/C8H10N6S/c1-5(2)13-14-7(11-12-8(14)15)6-3-4-9-10-6/h3-4H,1-2H3,(H,9,10)(H,12,15). The Morgan fingerprint density at radius 1 is 1.47 bits per heavy atom. The third-order valence-corrected chi connectivity index (χ3v) is 1.96. The van der Waals surface area contributed by atoms with Crippen LogP contribution in [0.1, 0.15) is 13.8 Å². The fourth-order valence-electron chi connectivity index (χ4n) is 1.14. The van der Waals surface area contributed by atoms with Crippen LogP contribution in [0.3, 0.4) is 0 Å². The van der Waals surface area contributed by atoms with Crippen LogP contribution in [-0.4, -0.2) is 30.8 Å². The van der Waals surface area contributed by atoms with Gasteiger partial charge in [0.2, 0.25) is 10.6 Å². The molecule has 0 fully saturated rings. The van der Waals surface area contributed by atoms with Crippen LogP contribution >= 0.6 is 12.2 Å². The predicted molar refractivity (Wildman–Crippen MR) is 59.2 cm³/mol. The van der Waals surface area contributed by atoms with Crippen LogP contribution in [0.4, 0.5) is 0 Å². The summed E-state index contributed by atoms with van der Waals surface area (Å²) < 4.78 is 2.03. The van der Waals surface area contributed by atoms with Crippen LogP contribution in [0, 0.1) is 4.77 Å². The first-order valence-corrected chi connectivity index (χ1v) is 4.78. The molecule has 7 heteroatoms. The van der Waals surface area contributed by atoms with Crippen molar-refractivity contribution < 1.29 is 0 Å². The summed E-state index contributed by atoms with van der Waals surface area (Å²) >= 11 is 5.07. The zero-order valence-corrected chi connectivity index (χ0v) is 9.17. The molecule has 0 bridgehead atoms. The van der Waals surface area contributed by atoms with E-state index < -0.39 is 0 Å². The summed E-state index contributed by atoms with van der Waals surface area (Å²) in [5.74, 6) is 0.624. The zero-order valence-electron chi connectivity index (χ0n) is 8.35. The second-order valence-corrected chi connectivity index (χ2v) is 3.57. The molecule has 2 aromatic heterocycles. The Kier molecular flexibility index (Phi) is 2.46. The highest BCUT2D eigenvalue weighted by molar-refractivity contribution is 7.71. The lowest BCUT2D eigenvalue weighted by Gasteiger charge is -1.97. The molecule has 0 amide bonds. The summed E-state index contributed by atoms with van der Waals surface area (Å²) in [6.07, 6.45) is 1.65. The average molecular weight is 222 g/mol. The molecule has 78 valence electrons. The topological polar surface area (TPSA) is 74.7 Å². The minimum absolute atomic E-state index is 0.459. The maximum Gasteiger partial charge on any atom is 0.216 e. The lowest BCUT2D eigenvalue weighted by atomic mass is 10.4. The van der Waals surface area contributed by atoms with Gasteiger partial charge in [-0.3, -0.25) is 5.10 Å². The Morgan fingerprint density at radius 3 is 2.87 bits per heavy atom. The zero-order chi connectivity index (χ0) is 10.8. The van der Waals surface area contributed by atoms with Crippen LogP contribution in [0.15, 0.2) is 17.4 Å². The van der Waals surface area contributed by atoms with Gasteiger partial charge in [-0.15, -0.1) is 0 Å². The number of H-pyrrole nitrogens is 2. The number of rotatable bonds is 2. The molecule has 0 unspecified atom stereocenters. The molecule has 0 aliphatic heterocycles. The fourth-order valence-corrected chi connectivity index (χ4v) is 1.31. The van der Waals surface area contributed by atoms with Gasteiger partial charge in [0.05, 0.1) is 0 Å². The number of nitrogens with one attached hydrogen (secondary N) is 2. The van der Waals surface area contributed by atoms with E-state index in [4.69, 9.17) is 12.2 Å². The van der Waals surface area contributed by atoms with E-state index >= 15 is 0 Å². The maximum atomic E-state index is 5.07. The van der Waals surface area contributed by atoms with E-state index in [0.717, 1.165) is 11.4 Å². The summed E-state index contributed by atoms with van der Waals surface area (Å²) in [7, 11) is 0. The first-order chi connectivity index (χ1) is 7.18. The van der Waals surface area contributed by atoms with Crippen molar-refractivity contribution in [1.82, 2.24) is 25.1 Å². The molecule has 0 aliphatic carbocycles. The molecule has 2 N–H and O–H groups in total. The fraction of sp³-hybridized carbons (Fsp3) is 0.250. The highest BCUT2D eigenvalue weighted by Crippen LogP contribution is 2.13. The molecule has 0 spiro atoms. The summed E-state index contributed by atoms with van der Waals surface area (Å²) in [5.41, 5.74) is 1.67. The molecule has 0 atom stereocenters. The molecule has 2 heterocycles. The predicted octanol–water partition coefficient (Wildman–Crippen LogP) is 1.57. The maximum absolute atomic E-state index is 5.07. The van der Waals surface area contributed by atoms with Crippen LogP contribution in [-0.2, 0) is 0 Å². The van der Waals surface area contributed by atoms with E-state index in [0.29, 0.717) is 10.6 Å². The smallest absolute Gasteiger partial charge is 0.216 e. The van der Waals surface area contributed by atoms with Gasteiger partial charge in [0.1, 0.15) is 5.69 Å². The largest absolute Gasteiger partial charge is 0.275 e. The van der Waals surface area contributed by atoms with Gasteiger partial charge in [0, 0.05) is 11.9 Å². The van der Waals surface area contributed by atoms with Crippen molar-refractivity contribution in [3.05, 3.63) is 17.0 Å². The molecule has 0 aromatic carbocycles. The number of hydrogen-bond donors (Lipinski definition) is 2. The van der Waals surface area contributed by atoms with Gasteiger partial charge in [-0.25, -0.2) is 5.10 Å². The number of aromatic amines is 2. The molecule has 0 radical (unpaired) electrons. The minimum atomic E-state index is 0.459. The lowest BCUT2D eigenvalue weighted by molar-refractivity contribution is 0.857. The van der Waals surface area contributed by atoms with Crippen molar-refractivity contribution >= 4 is 17.9 Å². The molecule has 0 saturated carbocycles. The van der Waals surface area contributed by atoms with E-state index in [1.54, 1.807) is 10.9 Å². The van der Waals surface area contributed by atoms with Crippen LogP contribution in [0.2, 0.25) is 0 Å². The Hall–Kier alpha value is -1.76. The number of aromatic nitrogens is 5. The molecule has 2 rings (SSSR count). The average Bonchev–Trinajstić information content (AvgIpc) is 2.76. The second kappa shape index (κ2) is 3.77. The molecule has 0 aliphatic rings. The van der Waals surface area contributed by atoms with Crippen molar-refractivity contribution in [3.8, 4) is 11.5 Å². The van der Waals surface area contributed by atoms with E-state index in [1.807, 2.05) is 19.9 Å². The van der Waals surface area contributed by atoms with Gasteiger partial charge in [-0.05, 0) is 32.1 Å². The normalized spacial score (nSPS) is 10.3.